The SMILES string of the molecule is CCOC(=O)c1cccc(N2C(=O)C(=O)/C(=C(/O)c3cc(C)ccc3OC)C2c2ccccc2C)c1. The topological polar surface area (TPSA) is 93.1 Å². The summed E-state index contributed by atoms with van der Waals surface area (Å²) in [6.45, 7) is 5.64. The van der Waals surface area contributed by atoms with Gasteiger partial charge in [0.05, 0.1) is 36.5 Å². The molecule has 1 fully saturated rings. The number of amides is 1. The quantitative estimate of drug-likeness (QED) is 0.226. The molecule has 7 heteroatoms. The summed E-state index contributed by atoms with van der Waals surface area (Å²) in [5.41, 5.74) is 3.20. The van der Waals surface area contributed by atoms with Gasteiger partial charge < -0.3 is 14.6 Å². The van der Waals surface area contributed by atoms with E-state index in [0.717, 1.165) is 11.1 Å². The molecule has 1 amide bonds. The average Bonchev–Trinajstić information content (AvgIpc) is 3.14. The number of Topliss-reactive ketones (excluding diaryl/α,β-unsaturated/α-hetero) is 1. The van der Waals surface area contributed by atoms with Gasteiger partial charge in [0.15, 0.2) is 0 Å². The van der Waals surface area contributed by atoms with Crippen LogP contribution in [0.4, 0.5) is 5.69 Å². The number of aliphatic hydroxyl groups is 1. The highest BCUT2D eigenvalue weighted by molar-refractivity contribution is 6.51. The number of ether oxygens (including phenoxy) is 2. The number of carbonyl (C=O) groups excluding carboxylic acids is 3. The van der Waals surface area contributed by atoms with Gasteiger partial charge in [0.1, 0.15) is 11.5 Å². The summed E-state index contributed by atoms with van der Waals surface area (Å²) in [5, 5.41) is 11.5. The van der Waals surface area contributed by atoms with Gasteiger partial charge in [0, 0.05) is 5.69 Å². The van der Waals surface area contributed by atoms with Gasteiger partial charge in [0.25, 0.3) is 11.7 Å². The van der Waals surface area contributed by atoms with Crippen LogP contribution in [0.3, 0.4) is 0 Å². The highest BCUT2D eigenvalue weighted by atomic mass is 16.5. The van der Waals surface area contributed by atoms with E-state index in [4.69, 9.17) is 9.47 Å². The van der Waals surface area contributed by atoms with Crippen molar-refractivity contribution >= 4 is 29.1 Å². The van der Waals surface area contributed by atoms with Crippen LogP contribution in [0.1, 0.15) is 45.6 Å². The van der Waals surface area contributed by atoms with Crippen LogP contribution >= 0.6 is 0 Å². The molecule has 1 aliphatic heterocycles. The zero-order chi connectivity index (χ0) is 26.0. The lowest BCUT2D eigenvalue weighted by Gasteiger charge is -2.27. The molecule has 3 aromatic carbocycles. The molecule has 0 aromatic heterocycles. The molecule has 0 spiro atoms. The summed E-state index contributed by atoms with van der Waals surface area (Å²) in [6, 6.07) is 18.0. The van der Waals surface area contributed by atoms with Gasteiger partial charge in [0.2, 0.25) is 0 Å². The van der Waals surface area contributed by atoms with Gasteiger partial charge in [-0.3, -0.25) is 14.5 Å². The Hall–Kier alpha value is -4.39. The van der Waals surface area contributed by atoms with Gasteiger partial charge in [-0.15, -0.1) is 0 Å². The maximum absolute atomic E-state index is 13.5. The number of aliphatic hydroxyl groups excluding tert-OH is 1. The monoisotopic (exact) mass is 485 g/mol. The van der Waals surface area contributed by atoms with Crippen LogP contribution in [0.25, 0.3) is 5.76 Å². The molecule has 0 saturated carbocycles. The Morgan fingerprint density at radius 2 is 1.75 bits per heavy atom. The Kier molecular flexibility index (Phi) is 6.92. The molecular formula is C29H27NO6. The van der Waals surface area contributed by atoms with Crippen molar-refractivity contribution in [3.8, 4) is 5.75 Å². The van der Waals surface area contributed by atoms with Crippen LogP contribution < -0.4 is 9.64 Å². The lowest BCUT2D eigenvalue weighted by Crippen LogP contribution is -2.30. The third-order valence-electron chi connectivity index (χ3n) is 6.17. The van der Waals surface area contributed by atoms with Crippen molar-refractivity contribution in [3.05, 3.63) is 100 Å². The number of benzene rings is 3. The first-order chi connectivity index (χ1) is 17.3. The Morgan fingerprint density at radius 3 is 2.44 bits per heavy atom. The van der Waals surface area contributed by atoms with Gasteiger partial charge in [-0.2, -0.15) is 0 Å². The van der Waals surface area contributed by atoms with E-state index in [1.54, 1.807) is 37.3 Å². The van der Waals surface area contributed by atoms with Crippen LogP contribution in [-0.2, 0) is 14.3 Å². The van der Waals surface area contributed by atoms with Crippen molar-refractivity contribution in [2.45, 2.75) is 26.8 Å². The largest absolute Gasteiger partial charge is 0.507 e. The summed E-state index contributed by atoms with van der Waals surface area (Å²) in [5.74, 6) is -2.13. The van der Waals surface area contributed by atoms with E-state index in [9.17, 15) is 19.5 Å². The van der Waals surface area contributed by atoms with Gasteiger partial charge in [-0.25, -0.2) is 4.79 Å². The van der Waals surface area contributed by atoms with Crippen molar-refractivity contribution in [2.24, 2.45) is 0 Å². The zero-order valence-electron chi connectivity index (χ0n) is 20.6. The fourth-order valence-corrected chi connectivity index (χ4v) is 4.44. The molecule has 7 nitrogen and oxygen atoms in total. The zero-order valence-corrected chi connectivity index (χ0v) is 20.6. The average molecular weight is 486 g/mol. The Bertz CT molecular complexity index is 1390. The molecule has 1 N–H and O–H groups in total. The first-order valence-corrected chi connectivity index (χ1v) is 11.6. The predicted molar refractivity (Wildman–Crippen MR) is 136 cm³/mol. The standard InChI is InChI=1S/C29H27NO6/c1-5-36-29(34)19-10-8-11-20(16-19)30-25(21-12-7-6-9-18(21)3)24(27(32)28(30)33)26(31)22-15-17(2)13-14-23(22)35-4/h6-16,25,31H,5H2,1-4H3/b26-24+. The third kappa shape index (κ3) is 4.35. The molecule has 1 unspecified atom stereocenters. The Balaban J connectivity index is 1.97. The Morgan fingerprint density at radius 1 is 1.00 bits per heavy atom. The van der Waals surface area contributed by atoms with E-state index >= 15 is 0 Å². The second kappa shape index (κ2) is 10.1. The molecule has 0 bridgehead atoms. The molecule has 1 heterocycles. The minimum absolute atomic E-state index is 0.0558. The predicted octanol–water partition coefficient (Wildman–Crippen LogP) is 5.12. The van der Waals surface area contributed by atoms with E-state index in [2.05, 4.69) is 0 Å². The fourth-order valence-electron chi connectivity index (χ4n) is 4.44. The van der Waals surface area contributed by atoms with Crippen LogP contribution in [0.2, 0.25) is 0 Å². The molecule has 1 saturated heterocycles. The number of rotatable bonds is 6. The number of esters is 1. The second-order valence-corrected chi connectivity index (χ2v) is 8.50. The van der Waals surface area contributed by atoms with E-state index in [-0.39, 0.29) is 23.5 Å². The molecule has 0 aliphatic carbocycles. The number of anilines is 1. The highest BCUT2D eigenvalue weighted by Gasteiger charge is 2.47. The lowest BCUT2D eigenvalue weighted by atomic mass is 9.92. The maximum atomic E-state index is 13.5. The molecular weight excluding hydrogens is 458 g/mol. The normalized spacial score (nSPS) is 16.8. The Labute approximate surface area is 209 Å². The molecule has 4 rings (SSSR count). The number of ketones is 1. The highest BCUT2D eigenvalue weighted by Crippen LogP contribution is 2.44. The molecule has 3 aromatic rings. The van der Waals surface area contributed by atoms with Gasteiger partial charge in [-0.05, 0) is 62.2 Å². The fraction of sp³-hybridized carbons (Fsp3) is 0.207. The van der Waals surface area contributed by atoms with Gasteiger partial charge in [-0.1, -0.05) is 42.0 Å². The van der Waals surface area contributed by atoms with Crippen LogP contribution in [0.15, 0.2) is 72.3 Å². The number of methoxy groups -OCH3 is 1. The molecule has 1 aliphatic rings. The summed E-state index contributed by atoms with van der Waals surface area (Å²) in [6.07, 6.45) is 0. The molecule has 1 atom stereocenters. The first kappa shape index (κ1) is 24.7. The summed E-state index contributed by atoms with van der Waals surface area (Å²) < 4.78 is 10.5. The minimum Gasteiger partial charge on any atom is -0.507 e. The summed E-state index contributed by atoms with van der Waals surface area (Å²) >= 11 is 0. The number of hydrogen-bond donors (Lipinski definition) is 1. The number of nitrogens with zero attached hydrogens (tertiary/aromatic N) is 1. The molecule has 184 valence electrons. The van der Waals surface area contributed by atoms with Gasteiger partial charge >= 0.3 is 5.97 Å². The van der Waals surface area contributed by atoms with Crippen molar-refractivity contribution in [1.82, 2.24) is 0 Å². The minimum atomic E-state index is -0.922. The number of carbonyl (C=O) groups is 3. The lowest BCUT2D eigenvalue weighted by molar-refractivity contribution is -0.132. The smallest absolute Gasteiger partial charge is 0.338 e. The molecule has 36 heavy (non-hydrogen) atoms. The maximum Gasteiger partial charge on any atom is 0.338 e. The van der Waals surface area contributed by atoms with Crippen molar-refractivity contribution < 1.29 is 29.0 Å². The number of aryl methyl sites for hydroxylation is 2. The summed E-state index contributed by atoms with van der Waals surface area (Å²) in [7, 11) is 1.47. The van der Waals surface area contributed by atoms with Crippen LogP contribution in [0, 0.1) is 13.8 Å². The summed E-state index contributed by atoms with van der Waals surface area (Å²) in [4.78, 5) is 40.6. The van der Waals surface area contributed by atoms with E-state index in [0.29, 0.717) is 22.6 Å². The van der Waals surface area contributed by atoms with Crippen molar-refractivity contribution in [1.29, 1.82) is 0 Å². The van der Waals surface area contributed by atoms with Crippen LogP contribution in [-0.4, -0.2) is 36.5 Å². The van der Waals surface area contributed by atoms with E-state index in [1.165, 1.54) is 18.1 Å². The first-order valence-electron chi connectivity index (χ1n) is 11.6. The second-order valence-electron chi connectivity index (χ2n) is 8.50. The van der Waals surface area contributed by atoms with Crippen LogP contribution in [0.5, 0.6) is 5.75 Å². The number of hydrogen-bond acceptors (Lipinski definition) is 6. The van der Waals surface area contributed by atoms with E-state index in [1.807, 2.05) is 44.2 Å². The van der Waals surface area contributed by atoms with E-state index < -0.39 is 23.7 Å². The molecule has 0 radical (unpaired) electrons. The van der Waals surface area contributed by atoms with Crippen molar-refractivity contribution in [2.75, 3.05) is 18.6 Å². The third-order valence-corrected chi connectivity index (χ3v) is 6.17. The van der Waals surface area contributed by atoms with Crippen molar-refractivity contribution in [3.63, 3.8) is 0 Å².